The van der Waals surface area contributed by atoms with Gasteiger partial charge in [0.05, 0.1) is 16.9 Å². The van der Waals surface area contributed by atoms with Crippen LogP contribution in [-0.4, -0.2) is 35.1 Å². The van der Waals surface area contributed by atoms with E-state index in [9.17, 15) is 9.90 Å². The van der Waals surface area contributed by atoms with Gasteiger partial charge < -0.3 is 15.4 Å². The van der Waals surface area contributed by atoms with Crippen LogP contribution >= 0.6 is 11.6 Å². The lowest BCUT2D eigenvalue weighted by molar-refractivity contribution is 0.0368. The van der Waals surface area contributed by atoms with Crippen molar-refractivity contribution < 1.29 is 9.90 Å². The van der Waals surface area contributed by atoms with Crippen LogP contribution in [0.25, 0.3) is 0 Å². The van der Waals surface area contributed by atoms with Crippen molar-refractivity contribution in [3.05, 3.63) is 28.8 Å². The smallest absolute Gasteiger partial charge is 0.255 e. The van der Waals surface area contributed by atoms with Gasteiger partial charge in [-0.3, -0.25) is 10.6 Å². The average molecular weight is 272 g/mol. The van der Waals surface area contributed by atoms with E-state index in [1.165, 1.54) is 4.90 Å². The second kappa shape index (κ2) is 5.56. The van der Waals surface area contributed by atoms with E-state index in [1.807, 2.05) is 0 Å². The van der Waals surface area contributed by atoms with Crippen molar-refractivity contribution in [2.24, 2.45) is 5.84 Å². The maximum absolute atomic E-state index is 12.2. The Morgan fingerprint density at radius 1 is 1.56 bits per heavy atom. The van der Waals surface area contributed by atoms with Crippen molar-refractivity contribution in [1.82, 2.24) is 4.90 Å². The number of carbonyl (C=O) groups excluding carboxylic acids is 1. The summed E-state index contributed by atoms with van der Waals surface area (Å²) < 4.78 is 0. The van der Waals surface area contributed by atoms with E-state index in [-0.39, 0.29) is 12.5 Å². The standard InChI is InChI=1S/C12H18ClN3O2/c1-12(2,18)7-16(3)11(17)9-6-8(13)4-5-10(9)15-14/h4-6,15,18H,7,14H2,1-3H3. The van der Waals surface area contributed by atoms with Crippen LogP contribution in [0.1, 0.15) is 24.2 Å². The summed E-state index contributed by atoms with van der Waals surface area (Å²) in [4.78, 5) is 13.6. The molecule has 0 saturated carbocycles. The molecule has 100 valence electrons. The molecule has 0 atom stereocenters. The van der Waals surface area contributed by atoms with Crippen molar-refractivity contribution >= 4 is 23.2 Å². The minimum Gasteiger partial charge on any atom is -0.389 e. The molecule has 0 fully saturated rings. The number of nitrogens with zero attached hydrogens (tertiary/aromatic N) is 1. The highest BCUT2D eigenvalue weighted by atomic mass is 35.5. The normalized spacial score (nSPS) is 11.2. The number of hydrogen-bond acceptors (Lipinski definition) is 4. The number of rotatable bonds is 4. The lowest BCUT2D eigenvalue weighted by Crippen LogP contribution is -2.40. The van der Waals surface area contributed by atoms with E-state index in [4.69, 9.17) is 17.4 Å². The molecule has 0 aromatic heterocycles. The van der Waals surface area contributed by atoms with Crippen LogP contribution in [0.2, 0.25) is 5.02 Å². The molecule has 18 heavy (non-hydrogen) atoms. The van der Waals surface area contributed by atoms with Gasteiger partial charge >= 0.3 is 0 Å². The first-order valence-corrected chi connectivity index (χ1v) is 5.86. The molecule has 0 unspecified atom stereocenters. The summed E-state index contributed by atoms with van der Waals surface area (Å²) in [6, 6.07) is 4.82. The van der Waals surface area contributed by atoms with Crippen molar-refractivity contribution in [3.8, 4) is 0 Å². The first-order valence-electron chi connectivity index (χ1n) is 5.48. The molecule has 6 heteroatoms. The Balaban J connectivity index is 2.99. The minimum atomic E-state index is -0.959. The van der Waals surface area contributed by atoms with Crippen molar-refractivity contribution in [2.45, 2.75) is 19.4 Å². The van der Waals surface area contributed by atoms with Gasteiger partial charge in [-0.1, -0.05) is 11.6 Å². The summed E-state index contributed by atoms with van der Waals surface area (Å²) in [5, 5.41) is 10.2. The molecule has 0 spiro atoms. The van der Waals surface area contributed by atoms with Gasteiger partial charge in [0.2, 0.25) is 0 Å². The van der Waals surface area contributed by atoms with Crippen LogP contribution in [0.15, 0.2) is 18.2 Å². The fourth-order valence-electron chi connectivity index (χ4n) is 1.68. The van der Waals surface area contributed by atoms with Crippen LogP contribution in [-0.2, 0) is 0 Å². The van der Waals surface area contributed by atoms with Gasteiger partial charge in [0.25, 0.3) is 5.91 Å². The van der Waals surface area contributed by atoms with Gasteiger partial charge in [0.15, 0.2) is 0 Å². The second-order valence-electron chi connectivity index (χ2n) is 4.81. The minimum absolute atomic E-state index is 0.211. The molecule has 0 aliphatic carbocycles. The van der Waals surface area contributed by atoms with E-state index in [1.54, 1.807) is 39.1 Å². The molecule has 1 rings (SSSR count). The number of nitrogens with two attached hydrogens (primary N) is 1. The third kappa shape index (κ3) is 3.87. The monoisotopic (exact) mass is 271 g/mol. The number of benzene rings is 1. The number of amides is 1. The average Bonchev–Trinajstić information content (AvgIpc) is 2.25. The van der Waals surface area contributed by atoms with Crippen molar-refractivity contribution in [1.29, 1.82) is 0 Å². The third-order valence-electron chi connectivity index (χ3n) is 2.34. The van der Waals surface area contributed by atoms with Gasteiger partial charge in [0, 0.05) is 18.6 Å². The zero-order valence-electron chi connectivity index (χ0n) is 10.7. The largest absolute Gasteiger partial charge is 0.389 e. The summed E-state index contributed by atoms with van der Waals surface area (Å²) in [5.74, 6) is 5.10. The topological polar surface area (TPSA) is 78.6 Å². The Bertz CT molecular complexity index is 443. The van der Waals surface area contributed by atoms with Crippen LogP contribution in [0.4, 0.5) is 5.69 Å². The number of aliphatic hydroxyl groups is 1. The second-order valence-corrected chi connectivity index (χ2v) is 5.24. The van der Waals surface area contributed by atoms with E-state index in [2.05, 4.69) is 5.43 Å². The SMILES string of the molecule is CN(CC(C)(C)O)C(=O)c1cc(Cl)ccc1NN. The maximum Gasteiger partial charge on any atom is 0.255 e. The summed E-state index contributed by atoms with van der Waals surface area (Å²) in [6.07, 6.45) is 0. The fraction of sp³-hybridized carbons (Fsp3) is 0.417. The molecule has 1 aromatic rings. The van der Waals surface area contributed by atoms with E-state index >= 15 is 0 Å². The number of carbonyl (C=O) groups is 1. The summed E-state index contributed by atoms with van der Waals surface area (Å²) in [5.41, 5.74) is 2.36. The summed E-state index contributed by atoms with van der Waals surface area (Å²) in [7, 11) is 1.61. The van der Waals surface area contributed by atoms with Crippen LogP contribution in [0, 0.1) is 0 Å². The van der Waals surface area contributed by atoms with Crippen molar-refractivity contribution in [3.63, 3.8) is 0 Å². The predicted molar refractivity (Wildman–Crippen MR) is 72.5 cm³/mol. The summed E-state index contributed by atoms with van der Waals surface area (Å²) in [6.45, 7) is 3.48. The first-order chi connectivity index (χ1) is 8.24. The number of anilines is 1. The quantitative estimate of drug-likeness (QED) is 0.572. The molecular formula is C12H18ClN3O2. The Morgan fingerprint density at radius 3 is 2.67 bits per heavy atom. The zero-order valence-corrected chi connectivity index (χ0v) is 11.5. The molecule has 0 aliphatic rings. The maximum atomic E-state index is 12.2. The number of halogens is 1. The third-order valence-corrected chi connectivity index (χ3v) is 2.57. The predicted octanol–water partition coefficient (Wildman–Crippen LogP) is 1.47. The van der Waals surface area contributed by atoms with Gasteiger partial charge in [-0.05, 0) is 32.0 Å². The van der Waals surface area contributed by atoms with Crippen LogP contribution in [0.5, 0.6) is 0 Å². The van der Waals surface area contributed by atoms with Gasteiger partial charge in [-0.2, -0.15) is 0 Å². The van der Waals surface area contributed by atoms with Gasteiger partial charge in [-0.25, -0.2) is 0 Å². The highest BCUT2D eigenvalue weighted by molar-refractivity contribution is 6.31. The lowest BCUT2D eigenvalue weighted by Gasteiger charge is -2.26. The van der Waals surface area contributed by atoms with Gasteiger partial charge in [-0.15, -0.1) is 0 Å². The van der Waals surface area contributed by atoms with E-state index < -0.39 is 5.60 Å². The summed E-state index contributed by atoms with van der Waals surface area (Å²) >= 11 is 5.87. The van der Waals surface area contributed by atoms with Gasteiger partial charge in [0.1, 0.15) is 0 Å². The van der Waals surface area contributed by atoms with Crippen molar-refractivity contribution in [2.75, 3.05) is 19.0 Å². The Morgan fingerprint density at radius 2 is 2.17 bits per heavy atom. The number of likely N-dealkylation sites (N-methyl/N-ethyl adjacent to an activating group) is 1. The molecule has 0 aliphatic heterocycles. The molecule has 4 N–H and O–H groups in total. The molecule has 5 nitrogen and oxygen atoms in total. The van der Waals surface area contributed by atoms with E-state index in [0.717, 1.165) is 0 Å². The fourth-order valence-corrected chi connectivity index (χ4v) is 1.85. The lowest BCUT2D eigenvalue weighted by atomic mass is 10.1. The number of hydrazine groups is 1. The molecule has 0 saturated heterocycles. The molecule has 0 bridgehead atoms. The Hall–Kier alpha value is -1.30. The molecule has 0 heterocycles. The molecule has 1 amide bonds. The van der Waals surface area contributed by atoms with Crippen LogP contribution < -0.4 is 11.3 Å². The molecule has 1 aromatic carbocycles. The molecule has 0 radical (unpaired) electrons. The first kappa shape index (κ1) is 14.8. The highest BCUT2D eigenvalue weighted by Gasteiger charge is 2.22. The number of hydrogen-bond donors (Lipinski definition) is 3. The Labute approximate surface area is 111 Å². The molecular weight excluding hydrogens is 254 g/mol. The number of nitrogen functional groups attached to an aromatic ring is 1. The van der Waals surface area contributed by atoms with Crippen LogP contribution in [0.3, 0.4) is 0 Å². The number of nitrogens with one attached hydrogen (secondary N) is 1. The Kier molecular flexibility index (Phi) is 4.56. The zero-order chi connectivity index (χ0) is 13.9. The highest BCUT2D eigenvalue weighted by Crippen LogP contribution is 2.21. The van der Waals surface area contributed by atoms with E-state index in [0.29, 0.717) is 16.3 Å².